The van der Waals surface area contributed by atoms with Gasteiger partial charge < -0.3 is 5.32 Å². The van der Waals surface area contributed by atoms with E-state index in [1.807, 2.05) is 57.2 Å². The van der Waals surface area contributed by atoms with Crippen molar-refractivity contribution in [3.8, 4) is 0 Å². The van der Waals surface area contributed by atoms with Crippen LogP contribution in [0.25, 0.3) is 0 Å². The third-order valence-corrected chi connectivity index (χ3v) is 6.76. The molecule has 3 aromatic carbocycles. The van der Waals surface area contributed by atoms with Crippen LogP contribution in [0.5, 0.6) is 0 Å². The lowest BCUT2D eigenvalue weighted by Crippen LogP contribution is -2.41. The van der Waals surface area contributed by atoms with E-state index in [-0.39, 0.29) is 17.3 Å². The molecule has 5 nitrogen and oxygen atoms in total. The first-order chi connectivity index (χ1) is 14.3. The zero-order chi connectivity index (χ0) is 21.7. The van der Waals surface area contributed by atoms with Gasteiger partial charge in [-0.15, -0.1) is 0 Å². The number of hydrogen-bond donors (Lipinski definition) is 1. The van der Waals surface area contributed by atoms with Gasteiger partial charge in [0.25, 0.3) is 10.0 Å². The minimum absolute atomic E-state index is 0.151. The van der Waals surface area contributed by atoms with E-state index in [0.717, 1.165) is 22.3 Å². The number of hydrogen-bond acceptors (Lipinski definition) is 3. The second-order valence-electron chi connectivity index (χ2n) is 7.32. The van der Waals surface area contributed by atoms with Gasteiger partial charge >= 0.3 is 0 Å². The molecule has 0 heterocycles. The van der Waals surface area contributed by atoms with Gasteiger partial charge in [-0.05, 0) is 61.2 Å². The highest BCUT2D eigenvalue weighted by Crippen LogP contribution is 2.27. The van der Waals surface area contributed by atoms with Crippen molar-refractivity contribution in [1.29, 1.82) is 0 Å². The number of carbonyl (C=O) groups excluding carboxylic acids is 1. The van der Waals surface area contributed by atoms with Crippen molar-refractivity contribution < 1.29 is 13.2 Å². The van der Waals surface area contributed by atoms with Crippen LogP contribution in [0.3, 0.4) is 0 Å². The summed E-state index contributed by atoms with van der Waals surface area (Å²) >= 11 is 0. The van der Waals surface area contributed by atoms with Crippen LogP contribution in [-0.2, 0) is 21.4 Å². The molecule has 1 amide bonds. The molecule has 0 aromatic heterocycles. The van der Waals surface area contributed by atoms with Crippen LogP contribution in [0.15, 0.2) is 77.7 Å². The molecule has 3 rings (SSSR count). The summed E-state index contributed by atoms with van der Waals surface area (Å²) in [6, 6.07) is 21.5. The van der Waals surface area contributed by atoms with Crippen molar-refractivity contribution in [2.24, 2.45) is 0 Å². The molecule has 0 unspecified atom stereocenters. The summed E-state index contributed by atoms with van der Waals surface area (Å²) in [6.07, 6.45) is 0. The van der Waals surface area contributed by atoms with Crippen molar-refractivity contribution in [1.82, 2.24) is 5.32 Å². The first-order valence-electron chi connectivity index (χ1n) is 9.75. The Morgan fingerprint density at radius 1 is 0.867 bits per heavy atom. The highest BCUT2D eigenvalue weighted by molar-refractivity contribution is 7.92. The van der Waals surface area contributed by atoms with Gasteiger partial charge in [-0.1, -0.05) is 54.6 Å². The lowest BCUT2D eigenvalue weighted by Gasteiger charge is -2.26. The fraction of sp³-hybridized carbons (Fsp3) is 0.208. The number of carbonyl (C=O) groups is 1. The van der Waals surface area contributed by atoms with Crippen molar-refractivity contribution in [3.63, 3.8) is 0 Å². The first kappa shape index (κ1) is 21.6. The van der Waals surface area contributed by atoms with Gasteiger partial charge in [0.1, 0.15) is 6.54 Å². The van der Waals surface area contributed by atoms with Gasteiger partial charge in [0.05, 0.1) is 10.6 Å². The number of benzene rings is 3. The van der Waals surface area contributed by atoms with Gasteiger partial charge in [-0.2, -0.15) is 0 Å². The average molecular weight is 423 g/mol. The van der Waals surface area contributed by atoms with Crippen molar-refractivity contribution in [2.75, 3.05) is 10.8 Å². The Bertz CT molecular complexity index is 1140. The summed E-state index contributed by atoms with van der Waals surface area (Å²) in [6.45, 7) is 5.76. The number of sulfonamides is 1. The van der Waals surface area contributed by atoms with Gasteiger partial charge in [0, 0.05) is 6.54 Å². The molecule has 0 bridgehead atoms. The van der Waals surface area contributed by atoms with E-state index in [0.29, 0.717) is 12.2 Å². The Balaban J connectivity index is 1.91. The number of amides is 1. The van der Waals surface area contributed by atoms with Crippen molar-refractivity contribution in [2.45, 2.75) is 32.2 Å². The molecular formula is C24H26N2O3S. The summed E-state index contributed by atoms with van der Waals surface area (Å²) in [5.74, 6) is -0.362. The molecule has 0 aliphatic heterocycles. The molecular weight excluding hydrogens is 396 g/mol. The number of nitrogens with one attached hydrogen (secondary N) is 1. The number of aryl methyl sites for hydroxylation is 3. The van der Waals surface area contributed by atoms with E-state index in [1.54, 1.807) is 36.4 Å². The summed E-state index contributed by atoms with van der Waals surface area (Å²) in [7, 11) is -3.91. The molecule has 6 heteroatoms. The number of anilines is 1. The van der Waals surface area contributed by atoms with Crippen LogP contribution in [0.4, 0.5) is 5.69 Å². The van der Waals surface area contributed by atoms with E-state index in [2.05, 4.69) is 5.32 Å². The maximum absolute atomic E-state index is 13.4. The van der Waals surface area contributed by atoms with Gasteiger partial charge in [-0.25, -0.2) is 8.42 Å². The molecule has 156 valence electrons. The summed E-state index contributed by atoms with van der Waals surface area (Å²) in [5, 5.41) is 2.85. The van der Waals surface area contributed by atoms with E-state index < -0.39 is 10.0 Å². The maximum Gasteiger partial charge on any atom is 0.264 e. The summed E-state index contributed by atoms with van der Waals surface area (Å²) < 4.78 is 28.0. The molecule has 0 saturated carbocycles. The topological polar surface area (TPSA) is 66.5 Å². The monoisotopic (exact) mass is 422 g/mol. The molecule has 0 radical (unpaired) electrons. The van der Waals surface area contributed by atoms with Gasteiger partial charge in [0.15, 0.2) is 0 Å². The van der Waals surface area contributed by atoms with Crippen LogP contribution in [0.1, 0.15) is 22.3 Å². The maximum atomic E-state index is 13.4. The van der Waals surface area contributed by atoms with Crippen molar-refractivity contribution >= 4 is 21.6 Å². The normalized spacial score (nSPS) is 11.2. The lowest BCUT2D eigenvalue weighted by molar-refractivity contribution is -0.119. The minimum atomic E-state index is -3.91. The van der Waals surface area contributed by atoms with E-state index in [1.165, 1.54) is 4.31 Å². The average Bonchev–Trinajstić information content (AvgIpc) is 2.74. The molecule has 30 heavy (non-hydrogen) atoms. The van der Waals surface area contributed by atoms with Crippen LogP contribution < -0.4 is 9.62 Å². The number of rotatable bonds is 7. The van der Waals surface area contributed by atoms with Crippen LogP contribution in [-0.4, -0.2) is 20.9 Å². The highest BCUT2D eigenvalue weighted by atomic mass is 32.2. The van der Waals surface area contributed by atoms with Gasteiger partial charge in [0.2, 0.25) is 5.91 Å². The van der Waals surface area contributed by atoms with Gasteiger partial charge in [-0.3, -0.25) is 9.10 Å². The number of nitrogens with zero attached hydrogens (tertiary/aromatic N) is 1. The first-order valence-corrected chi connectivity index (χ1v) is 11.2. The Labute approximate surface area is 178 Å². The summed E-state index contributed by atoms with van der Waals surface area (Å²) in [4.78, 5) is 12.9. The smallest absolute Gasteiger partial charge is 0.264 e. The van der Waals surface area contributed by atoms with E-state index >= 15 is 0 Å². The van der Waals surface area contributed by atoms with Crippen molar-refractivity contribution in [3.05, 3.63) is 95.1 Å². The lowest BCUT2D eigenvalue weighted by atomic mass is 10.1. The Morgan fingerprint density at radius 2 is 1.53 bits per heavy atom. The third kappa shape index (κ3) is 4.89. The molecule has 3 aromatic rings. The van der Waals surface area contributed by atoms with E-state index in [4.69, 9.17) is 0 Å². The molecule has 0 saturated heterocycles. The molecule has 1 N–H and O–H groups in total. The molecule has 0 fully saturated rings. The Kier molecular flexibility index (Phi) is 6.57. The largest absolute Gasteiger partial charge is 0.350 e. The molecule has 0 aliphatic carbocycles. The molecule has 0 spiro atoms. The predicted molar refractivity (Wildman–Crippen MR) is 120 cm³/mol. The molecule has 0 aliphatic rings. The fourth-order valence-corrected chi connectivity index (χ4v) is 4.69. The fourth-order valence-electron chi connectivity index (χ4n) is 3.20. The standard InChI is InChI=1S/C24H26N2O3S/c1-18-13-14-20(3)23(15-18)26(30(28,29)22-11-5-4-6-12-22)17-24(27)25-16-21-10-8-7-9-19(21)2/h4-15H,16-17H2,1-3H3,(H,25,27). The van der Waals surface area contributed by atoms with Crippen LogP contribution in [0.2, 0.25) is 0 Å². The second-order valence-corrected chi connectivity index (χ2v) is 9.18. The highest BCUT2D eigenvalue weighted by Gasteiger charge is 2.28. The quantitative estimate of drug-likeness (QED) is 0.623. The van der Waals surface area contributed by atoms with Crippen LogP contribution >= 0.6 is 0 Å². The summed E-state index contributed by atoms with van der Waals surface area (Å²) in [5.41, 5.74) is 4.28. The second kappa shape index (κ2) is 9.13. The Morgan fingerprint density at radius 3 is 2.23 bits per heavy atom. The Hall–Kier alpha value is -3.12. The third-order valence-electron chi connectivity index (χ3n) is 4.99. The zero-order valence-electron chi connectivity index (χ0n) is 17.4. The SMILES string of the molecule is Cc1ccc(C)c(N(CC(=O)NCc2ccccc2C)S(=O)(=O)c2ccccc2)c1. The molecule has 0 atom stereocenters. The van der Waals surface area contributed by atoms with Crippen LogP contribution in [0, 0.1) is 20.8 Å². The zero-order valence-corrected chi connectivity index (χ0v) is 18.2. The minimum Gasteiger partial charge on any atom is -0.350 e. The van der Waals surface area contributed by atoms with E-state index in [9.17, 15) is 13.2 Å². The predicted octanol–water partition coefficient (Wildman–Crippen LogP) is 4.12.